The zero-order chi connectivity index (χ0) is 14.8. The third-order valence-corrected chi connectivity index (χ3v) is 3.59. The molecule has 1 heterocycles. The van der Waals surface area contributed by atoms with E-state index in [2.05, 4.69) is 34.6 Å². The van der Waals surface area contributed by atoms with Crippen molar-refractivity contribution in [1.82, 2.24) is 20.2 Å². The van der Waals surface area contributed by atoms with E-state index in [9.17, 15) is 0 Å². The van der Waals surface area contributed by atoms with Crippen molar-refractivity contribution in [2.24, 2.45) is 0 Å². The van der Waals surface area contributed by atoms with Crippen molar-refractivity contribution in [2.75, 3.05) is 5.73 Å². The molecule has 0 saturated carbocycles. The molecule has 0 radical (unpaired) electrons. The maximum atomic E-state index is 6.08. The van der Waals surface area contributed by atoms with Gasteiger partial charge in [0.1, 0.15) is 0 Å². The van der Waals surface area contributed by atoms with E-state index in [1.165, 1.54) is 0 Å². The number of aryl methyl sites for hydroxylation is 1. The molecule has 3 rings (SSSR count). The van der Waals surface area contributed by atoms with Crippen LogP contribution >= 0.6 is 0 Å². The van der Waals surface area contributed by atoms with Crippen LogP contribution in [0.4, 0.5) is 5.69 Å². The molecule has 0 aliphatic heterocycles. The topological polar surface area (TPSA) is 69.6 Å². The summed E-state index contributed by atoms with van der Waals surface area (Å²) in [4.78, 5) is 0. The normalized spacial score (nSPS) is 12.3. The van der Waals surface area contributed by atoms with Gasteiger partial charge in [-0.25, -0.2) is 4.68 Å². The van der Waals surface area contributed by atoms with Gasteiger partial charge in [-0.15, -0.1) is 5.10 Å². The first kappa shape index (κ1) is 13.3. The maximum absolute atomic E-state index is 6.08. The van der Waals surface area contributed by atoms with E-state index < -0.39 is 0 Å². The number of benzene rings is 2. The Hall–Kier alpha value is -2.69. The summed E-state index contributed by atoms with van der Waals surface area (Å²) >= 11 is 0. The Morgan fingerprint density at radius 1 is 1.10 bits per heavy atom. The number of rotatable bonds is 3. The van der Waals surface area contributed by atoms with Crippen LogP contribution in [0.25, 0.3) is 11.4 Å². The quantitative estimate of drug-likeness (QED) is 0.748. The van der Waals surface area contributed by atoms with Gasteiger partial charge in [-0.05, 0) is 42.0 Å². The Bertz CT molecular complexity index is 748. The second-order valence-electron chi connectivity index (χ2n) is 5.12. The van der Waals surface area contributed by atoms with Crippen molar-refractivity contribution < 1.29 is 0 Å². The van der Waals surface area contributed by atoms with Crippen LogP contribution in [0, 0.1) is 6.92 Å². The predicted octanol–water partition coefficient (Wildman–Crippen LogP) is 2.84. The van der Waals surface area contributed by atoms with E-state index in [-0.39, 0.29) is 6.04 Å². The fourth-order valence-corrected chi connectivity index (χ4v) is 2.37. The van der Waals surface area contributed by atoms with E-state index >= 15 is 0 Å². The largest absolute Gasteiger partial charge is 0.398 e. The highest BCUT2D eigenvalue weighted by molar-refractivity contribution is 5.72. The minimum atomic E-state index is 0.0381. The molecule has 0 spiro atoms. The molecule has 0 aliphatic carbocycles. The van der Waals surface area contributed by atoms with Gasteiger partial charge >= 0.3 is 0 Å². The molecular formula is C16H17N5. The third kappa shape index (κ3) is 2.50. The van der Waals surface area contributed by atoms with E-state index in [4.69, 9.17) is 5.73 Å². The van der Waals surface area contributed by atoms with E-state index in [1.807, 2.05) is 43.3 Å². The summed E-state index contributed by atoms with van der Waals surface area (Å²) in [6, 6.07) is 16.1. The van der Waals surface area contributed by atoms with E-state index in [0.29, 0.717) is 11.5 Å². The van der Waals surface area contributed by atoms with Gasteiger partial charge in [0.25, 0.3) is 0 Å². The van der Waals surface area contributed by atoms with Gasteiger partial charge in [0.2, 0.25) is 0 Å². The average Bonchev–Trinajstić information content (AvgIpc) is 2.99. The number of hydrogen-bond donors (Lipinski definition) is 1. The second kappa shape index (κ2) is 5.36. The first-order chi connectivity index (χ1) is 10.2. The molecule has 0 amide bonds. The van der Waals surface area contributed by atoms with Crippen LogP contribution in [0.15, 0.2) is 48.5 Å². The van der Waals surface area contributed by atoms with Crippen LogP contribution in [0.3, 0.4) is 0 Å². The second-order valence-corrected chi connectivity index (χ2v) is 5.12. The summed E-state index contributed by atoms with van der Waals surface area (Å²) in [7, 11) is 0. The van der Waals surface area contributed by atoms with Crippen LogP contribution in [0.2, 0.25) is 0 Å². The lowest BCUT2D eigenvalue weighted by Gasteiger charge is -2.14. The first-order valence-corrected chi connectivity index (χ1v) is 6.86. The van der Waals surface area contributed by atoms with Crippen molar-refractivity contribution in [3.8, 4) is 11.4 Å². The number of tetrazole rings is 1. The summed E-state index contributed by atoms with van der Waals surface area (Å²) in [5.74, 6) is 0.688. The fraction of sp³-hybridized carbons (Fsp3) is 0.188. The van der Waals surface area contributed by atoms with Gasteiger partial charge in [-0.3, -0.25) is 0 Å². The van der Waals surface area contributed by atoms with Crippen LogP contribution < -0.4 is 5.73 Å². The smallest absolute Gasteiger partial charge is 0.184 e. The van der Waals surface area contributed by atoms with Crippen molar-refractivity contribution in [3.63, 3.8) is 0 Å². The molecule has 106 valence electrons. The number of aromatic nitrogens is 4. The lowest BCUT2D eigenvalue weighted by molar-refractivity contribution is 0.548. The molecule has 0 fully saturated rings. The highest BCUT2D eigenvalue weighted by atomic mass is 15.5. The zero-order valence-electron chi connectivity index (χ0n) is 12.1. The third-order valence-electron chi connectivity index (χ3n) is 3.59. The van der Waals surface area contributed by atoms with Crippen molar-refractivity contribution >= 4 is 5.69 Å². The van der Waals surface area contributed by atoms with Gasteiger partial charge in [0.05, 0.1) is 6.04 Å². The lowest BCUT2D eigenvalue weighted by atomic mass is 10.1. The number of nitrogen functional groups attached to an aromatic ring is 1. The fourth-order valence-electron chi connectivity index (χ4n) is 2.37. The summed E-state index contributed by atoms with van der Waals surface area (Å²) in [5, 5.41) is 12.1. The molecule has 1 unspecified atom stereocenters. The van der Waals surface area contributed by atoms with Crippen LogP contribution in [-0.4, -0.2) is 20.2 Å². The highest BCUT2D eigenvalue weighted by Gasteiger charge is 2.17. The number of nitrogens with zero attached hydrogens (tertiary/aromatic N) is 4. The SMILES string of the molecule is Cc1ccc(N)c(-c2nnnn2C(C)c2ccccc2)c1. The Labute approximate surface area is 123 Å². The van der Waals surface area contributed by atoms with Crippen LogP contribution in [0.1, 0.15) is 24.1 Å². The molecule has 0 saturated heterocycles. The summed E-state index contributed by atoms with van der Waals surface area (Å²) in [6.45, 7) is 4.10. The first-order valence-electron chi connectivity index (χ1n) is 6.86. The molecule has 5 heteroatoms. The van der Waals surface area contributed by atoms with E-state index in [0.717, 1.165) is 16.7 Å². The van der Waals surface area contributed by atoms with Crippen LogP contribution in [-0.2, 0) is 0 Å². The molecular weight excluding hydrogens is 262 g/mol. The standard InChI is InChI=1S/C16H17N5/c1-11-8-9-15(17)14(10-11)16-18-19-20-21(16)12(2)13-6-4-3-5-7-13/h3-10,12H,17H2,1-2H3. The minimum Gasteiger partial charge on any atom is -0.398 e. The Morgan fingerprint density at radius 3 is 2.62 bits per heavy atom. The molecule has 0 aliphatic rings. The Kier molecular flexibility index (Phi) is 3.39. The summed E-state index contributed by atoms with van der Waals surface area (Å²) in [6.07, 6.45) is 0. The van der Waals surface area contributed by atoms with Crippen LogP contribution in [0.5, 0.6) is 0 Å². The maximum Gasteiger partial charge on any atom is 0.184 e. The summed E-state index contributed by atoms with van der Waals surface area (Å²) < 4.78 is 1.81. The molecule has 1 atom stereocenters. The monoisotopic (exact) mass is 279 g/mol. The Morgan fingerprint density at radius 2 is 1.86 bits per heavy atom. The molecule has 3 aromatic rings. The number of hydrogen-bond acceptors (Lipinski definition) is 4. The summed E-state index contributed by atoms with van der Waals surface area (Å²) in [5.41, 5.74) is 9.90. The molecule has 0 bridgehead atoms. The zero-order valence-corrected chi connectivity index (χ0v) is 12.1. The minimum absolute atomic E-state index is 0.0381. The Balaban J connectivity index is 2.07. The average molecular weight is 279 g/mol. The van der Waals surface area contributed by atoms with Gasteiger partial charge in [0.15, 0.2) is 5.82 Å². The molecule has 21 heavy (non-hydrogen) atoms. The van der Waals surface area contributed by atoms with Crippen molar-refractivity contribution in [3.05, 3.63) is 59.7 Å². The predicted molar refractivity (Wildman–Crippen MR) is 82.7 cm³/mol. The molecule has 5 nitrogen and oxygen atoms in total. The number of nitrogens with two attached hydrogens (primary N) is 1. The molecule has 2 aromatic carbocycles. The van der Waals surface area contributed by atoms with E-state index in [1.54, 1.807) is 4.68 Å². The lowest BCUT2D eigenvalue weighted by Crippen LogP contribution is -2.11. The van der Waals surface area contributed by atoms with Gasteiger partial charge < -0.3 is 5.73 Å². The van der Waals surface area contributed by atoms with Crippen molar-refractivity contribution in [2.45, 2.75) is 19.9 Å². The molecule has 1 aromatic heterocycles. The number of anilines is 1. The molecule has 2 N–H and O–H groups in total. The van der Waals surface area contributed by atoms with Crippen molar-refractivity contribution in [1.29, 1.82) is 0 Å². The van der Waals surface area contributed by atoms with Gasteiger partial charge in [-0.2, -0.15) is 0 Å². The van der Waals surface area contributed by atoms with Gasteiger partial charge in [0, 0.05) is 11.3 Å². The highest BCUT2D eigenvalue weighted by Crippen LogP contribution is 2.28. The van der Waals surface area contributed by atoms with Gasteiger partial charge in [-0.1, -0.05) is 42.0 Å².